The summed E-state index contributed by atoms with van der Waals surface area (Å²) in [4.78, 5) is 11.0. The number of alkyl halides is 3. The Bertz CT molecular complexity index is 459. The molecule has 2 rings (SSSR count). The van der Waals surface area contributed by atoms with E-state index in [-0.39, 0.29) is 22.5 Å². The Labute approximate surface area is 96.7 Å². The second kappa shape index (κ2) is 3.65. The molecule has 0 radical (unpaired) electrons. The van der Waals surface area contributed by atoms with Gasteiger partial charge < -0.3 is 10.1 Å². The summed E-state index contributed by atoms with van der Waals surface area (Å²) in [7, 11) is 0. The van der Waals surface area contributed by atoms with Crippen LogP contribution < -0.4 is 10.1 Å². The van der Waals surface area contributed by atoms with E-state index >= 15 is 0 Å². The molecule has 0 fully saturated rings. The molecule has 1 aliphatic rings. The van der Waals surface area contributed by atoms with Gasteiger partial charge >= 0.3 is 6.18 Å². The molecule has 1 heterocycles. The average Bonchev–Trinajstić information content (AvgIpc) is 2.16. The van der Waals surface area contributed by atoms with E-state index in [0.717, 1.165) is 6.07 Å². The molecule has 0 saturated carbocycles. The van der Waals surface area contributed by atoms with Crippen LogP contribution in [0, 0.1) is 0 Å². The van der Waals surface area contributed by atoms with Crippen molar-refractivity contribution in [2.45, 2.75) is 6.18 Å². The van der Waals surface area contributed by atoms with Gasteiger partial charge in [0.1, 0.15) is 5.75 Å². The largest absolute Gasteiger partial charge is 0.482 e. The van der Waals surface area contributed by atoms with Crippen LogP contribution in [-0.4, -0.2) is 12.5 Å². The van der Waals surface area contributed by atoms with Crippen LogP contribution in [0.5, 0.6) is 5.75 Å². The monoisotopic (exact) mass is 295 g/mol. The normalized spacial score (nSPS) is 15.1. The lowest BCUT2D eigenvalue weighted by Crippen LogP contribution is -2.27. The summed E-state index contributed by atoms with van der Waals surface area (Å²) in [5.41, 5.74) is -1.25. The number of amides is 1. The highest BCUT2D eigenvalue weighted by Gasteiger charge is 2.37. The van der Waals surface area contributed by atoms with E-state index in [4.69, 9.17) is 4.74 Å². The molecule has 0 bridgehead atoms. The van der Waals surface area contributed by atoms with Crippen LogP contribution in [0.1, 0.15) is 5.56 Å². The summed E-state index contributed by atoms with van der Waals surface area (Å²) >= 11 is 2.96. The van der Waals surface area contributed by atoms with Gasteiger partial charge in [-0.2, -0.15) is 13.2 Å². The molecule has 7 heteroatoms. The number of fused-ring (bicyclic) bond motifs is 1. The standard InChI is InChI=1S/C9H5BrF3NO2/c10-4-1-5(9(11,12)13)8-6(2-4)16-3-7(15)14-8/h1-2H,3H2,(H,14,15). The second-order valence-corrected chi connectivity index (χ2v) is 4.08. The van der Waals surface area contributed by atoms with Crippen molar-refractivity contribution in [3.63, 3.8) is 0 Å². The number of nitrogens with one attached hydrogen (secondary N) is 1. The molecule has 0 aromatic heterocycles. The van der Waals surface area contributed by atoms with Crippen LogP contribution in [-0.2, 0) is 11.0 Å². The van der Waals surface area contributed by atoms with Crippen LogP contribution in [0.2, 0.25) is 0 Å². The highest BCUT2D eigenvalue weighted by molar-refractivity contribution is 9.10. The molecular formula is C9H5BrF3NO2. The predicted octanol–water partition coefficient (Wildman–Crippen LogP) is 2.80. The lowest BCUT2D eigenvalue weighted by molar-refractivity contribution is -0.137. The SMILES string of the molecule is O=C1COc2cc(Br)cc(C(F)(F)F)c2N1. The molecule has 0 atom stereocenters. The fraction of sp³-hybridized carbons (Fsp3) is 0.222. The number of carbonyl (C=O) groups is 1. The lowest BCUT2D eigenvalue weighted by atomic mass is 10.1. The summed E-state index contributed by atoms with van der Waals surface area (Å²) in [5.74, 6) is -0.582. The molecule has 86 valence electrons. The first kappa shape index (κ1) is 11.3. The van der Waals surface area contributed by atoms with E-state index in [1.165, 1.54) is 6.07 Å². The van der Waals surface area contributed by atoms with Gasteiger partial charge in [-0.25, -0.2) is 0 Å². The fourth-order valence-corrected chi connectivity index (χ4v) is 1.80. The van der Waals surface area contributed by atoms with Gasteiger partial charge in [0.2, 0.25) is 0 Å². The Balaban J connectivity index is 2.60. The van der Waals surface area contributed by atoms with Crippen molar-refractivity contribution in [2.75, 3.05) is 11.9 Å². The summed E-state index contributed by atoms with van der Waals surface area (Å²) in [5, 5.41) is 2.16. The molecule has 1 aromatic carbocycles. The third kappa shape index (κ3) is 1.99. The van der Waals surface area contributed by atoms with Crippen LogP contribution in [0.4, 0.5) is 18.9 Å². The quantitative estimate of drug-likeness (QED) is 0.799. The second-order valence-electron chi connectivity index (χ2n) is 3.16. The first-order chi connectivity index (χ1) is 7.38. The molecule has 1 aromatic rings. The first-order valence-corrected chi connectivity index (χ1v) is 5.00. The molecule has 1 N–H and O–H groups in total. The molecular weight excluding hydrogens is 291 g/mol. The van der Waals surface area contributed by atoms with E-state index < -0.39 is 17.6 Å². The number of ether oxygens (including phenoxy) is 1. The van der Waals surface area contributed by atoms with E-state index in [2.05, 4.69) is 21.2 Å². The number of benzene rings is 1. The molecule has 0 saturated heterocycles. The van der Waals surface area contributed by atoms with Gasteiger partial charge in [0.05, 0.1) is 11.3 Å². The number of hydrogen-bond acceptors (Lipinski definition) is 2. The average molecular weight is 296 g/mol. The molecule has 0 spiro atoms. The van der Waals surface area contributed by atoms with E-state index in [1.807, 2.05) is 0 Å². The summed E-state index contributed by atoms with van der Waals surface area (Å²) in [6.07, 6.45) is -4.54. The fourth-order valence-electron chi connectivity index (χ4n) is 1.37. The van der Waals surface area contributed by atoms with Crippen LogP contribution in [0.15, 0.2) is 16.6 Å². The third-order valence-electron chi connectivity index (χ3n) is 2.00. The summed E-state index contributed by atoms with van der Waals surface area (Å²) < 4.78 is 43.1. The minimum Gasteiger partial charge on any atom is -0.482 e. The Morgan fingerprint density at radius 1 is 1.38 bits per heavy atom. The van der Waals surface area contributed by atoms with Crippen molar-refractivity contribution in [1.82, 2.24) is 0 Å². The number of rotatable bonds is 0. The lowest BCUT2D eigenvalue weighted by Gasteiger charge is -2.22. The maximum Gasteiger partial charge on any atom is 0.418 e. The number of halogens is 4. The Morgan fingerprint density at radius 3 is 2.69 bits per heavy atom. The number of hydrogen-bond donors (Lipinski definition) is 1. The van der Waals surface area contributed by atoms with E-state index in [0.29, 0.717) is 0 Å². The number of anilines is 1. The summed E-state index contributed by atoms with van der Waals surface area (Å²) in [6.45, 7) is -0.277. The van der Waals surface area contributed by atoms with Gasteiger partial charge in [0.25, 0.3) is 5.91 Å². The van der Waals surface area contributed by atoms with Crippen molar-refractivity contribution in [3.8, 4) is 5.75 Å². The highest BCUT2D eigenvalue weighted by atomic mass is 79.9. The summed E-state index contributed by atoms with van der Waals surface area (Å²) in [6, 6.07) is 2.28. The Hall–Kier alpha value is -1.24. The predicted molar refractivity (Wildman–Crippen MR) is 53.3 cm³/mol. The van der Waals surface area contributed by atoms with Crippen molar-refractivity contribution in [3.05, 3.63) is 22.2 Å². The van der Waals surface area contributed by atoms with Gasteiger partial charge in [-0.05, 0) is 12.1 Å². The first-order valence-electron chi connectivity index (χ1n) is 4.21. The van der Waals surface area contributed by atoms with Crippen molar-refractivity contribution < 1.29 is 22.7 Å². The minimum atomic E-state index is -4.54. The van der Waals surface area contributed by atoms with Crippen molar-refractivity contribution in [1.29, 1.82) is 0 Å². The van der Waals surface area contributed by atoms with Gasteiger partial charge in [0.15, 0.2) is 6.61 Å². The topological polar surface area (TPSA) is 38.3 Å². The molecule has 3 nitrogen and oxygen atoms in total. The van der Waals surface area contributed by atoms with Crippen molar-refractivity contribution >= 4 is 27.5 Å². The van der Waals surface area contributed by atoms with E-state index in [1.54, 1.807) is 0 Å². The maximum absolute atomic E-state index is 12.7. The molecule has 0 unspecified atom stereocenters. The molecule has 1 amide bonds. The zero-order valence-electron chi connectivity index (χ0n) is 7.69. The zero-order valence-corrected chi connectivity index (χ0v) is 9.28. The third-order valence-corrected chi connectivity index (χ3v) is 2.45. The molecule has 16 heavy (non-hydrogen) atoms. The maximum atomic E-state index is 12.7. The zero-order chi connectivity index (χ0) is 11.9. The smallest absolute Gasteiger partial charge is 0.418 e. The Kier molecular flexibility index (Phi) is 2.57. The van der Waals surface area contributed by atoms with Gasteiger partial charge in [-0.15, -0.1) is 0 Å². The van der Waals surface area contributed by atoms with Gasteiger partial charge in [0, 0.05) is 4.47 Å². The molecule has 0 aliphatic carbocycles. The van der Waals surface area contributed by atoms with Gasteiger partial charge in [-0.1, -0.05) is 15.9 Å². The van der Waals surface area contributed by atoms with Crippen molar-refractivity contribution in [2.24, 2.45) is 0 Å². The van der Waals surface area contributed by atoms with Gasteiger partial charge in [-0.3, -0.25) is 4.79 Å². The number of carbonyl (C=O) groups excluding carboxylic acids is 1. The minimum absolute atomic E-state index is 0.0151. The van der Waals surface area contributed by atoms with E-state index in [9.17, 15) is 18.0 Å². The Morgan fingerprint density at radius 2 is 2.06 bits per heavy atom. The highest BCUT2D eigenvalue weighted by Crippen LogP contribution is 2.43. The molecule has 1 aliphatic heterocycles. The van der Waals surface area contributed by atoms with Crippen LogP contribution in [0.25, 0.3) is 0 Å². The van der Waals surface area contributed by atoms with Crippen LogP contribution >= 0.6 is 15.9 Å². The van der Waals surface area contributed by atoms with Crippen LogP contribution in [0.3, 0.4) is 0 Å².